The molecule has 0 unspecified atom stereocenters. The van der Waals surface area contributed by atoms with Crippen molar-refractivity contribution in [2.75, 3.05) is 7.11 Å². The van der Waals surface area contributed by atoms with Gasteiger partial charge in [-0.15, -0.1) is 0 Å². The van der Waals surface area contributed by atoms with Gasteiger partial charge in [0.15, 0.2) is 0 Å². The molecule has 2 radical (unpaired) electrons. The van der Waals surface area contributed by atoms with Gasteiger partial charge in [0.2, 0.25) is 0 Å². The van der Waals surface area contributed by atoms with Gasteiger partial charge in [0.25, 0.3) is 0 Å². The van der Waals surface area contributed by atoms with Crippen molar-refractivity contribution in [2.45, 2.75) is 6.92 Å². The van der Waals surface area contributed by atoms with E-state index in [-0.39, 0.29) is 0 Å². The Balaban J connectivity index is 3.04. The molecule has 1 rings (SSSR count). The molecule has 0 bridgehead atoms. The van der Waals surface area contributed by atoms with Crippen LogP contribution < -0.4 is 10.2 Å². The molecule has 1 aromatic heterocycles. The van der Waals surface area contributed by atoms with Crippen LogP contribution in [-0.2, 0) is 0 Å². The molecule has 0 aliphatic rings. The topological polar surface area (TPSA) is 22.1 Å². The summed E-state index contributed by atoms with van der Waals surface area (Å²) in [6, 6.07) is 1.75. The largest absolute Gasteiger partial charge is 0.495 e. The van der Waals surface area contributed by atoms with Gasteiger partial charge < -0.3 is 4.74 Å². The fourth-order valence-corrected chi connectivity index (χ4v) is 0.642. The molecule has 0 amide bonds. The maximum Gasteiger partial charge on any atom is 0.136 e. The summed E-state index contributed by atoms with van der Waals surface area (Å²) in [6.45, 7) is 1.86. The minimum atomic E-state index is 0.666. The van der Waals surface area contributed by atoms with Gasteiger partial charge in [0.05, 0.1) is 13.3 Å². The van der Waals surface area contributed by atoms with Crippen molar-refractivity contribution in [3.05, 3.63) is 18.0 Å². The third-order valence-electron chi connectivity index (χ3n) is 1.34. The minimum absolute atomic E-state index is 0.666. The second-order valence-electron chi connectivity index (χ2n) is 2.05. The Morgan fingerprint density at radius 3 is 2.80 bits per heavy atom. The Morgan fingerprint density at radius 2 is 2.30 bits per heavy atom. The summed E-state index contributed by atoms with van der Waals surface area (Å²) in [5, 5.41) is 0. The number of aryl methyl sites for hydroxylation is 1. The quantitative estimate of drug-likeness (QED) is 0.510. The van der Waals surface area contributed by atoms with Gasteiger partial charge in [-0.1, -0.05) is 5.46 Å². The lowest BCUT2D eigenvalue weighted by molar-refractivity contribution is 0.413. The van der Waals surface area contributed by atoms with Crippen LogP contribution in [0.3, 0.4) is 0 Å². The first-order valence-corrected chi connectivity index (χ1v) is 3.00. The average Bonchev–Trinajstić information content (AvgIpc) is 1.95. The Morgan fingerprint density at radius 1 is 1.60 bits per heavy atom. The number of nitrogens with zero attached hydrogens (tertiary/aromatic N) is 1. The Labute approximate surface area is 61.6 Å². The summed E-state index contributed by atoms with van der Waals surface area (Å²) in [7, 11) is 7.14. The molecule has 0 spiro atoms. The van der Waals surface area contributed by atoms with Crippen molar-refractivity contribution in [3.8, 4) is 5.75 Å². The minimum Gasteiger partial charge on any atom is -0.495 e. The molecule has 0 aromatic carbocycles. The molecule has 10 heavy (non-hydrogen) atoms. The first kappa shape index (κ1) is 7.13. The molecule has 2 nitrogen and oxygen atoms in total. The fourth-order valence-electron chi connectivity index (χ4n) is 0.642. The maximum absolute atomic E-state index is 5.55. The van der Waals surface area contributed by atoms with Crippen LogP contribution in [-0.4, -0.2) is 19.9 Å². The summed E-state index contributed by atoms with van der Waals surface area (Å²) in [5.41, 5.74) is 1.50. The van der Waals surface area contributed by atoms with Crippen molar-refractivity contribution in [1.82, 2.24) is 4.98 Å². The number of methoxy groups -OCH3 is 1. The lowest BCUT2D eigenvalue weighted by Crippen LogP contribution is -2.09. The Kier molecular flexibility index (Phi) is 1.95. The van der Waals surface area contributed by atoms with Gasteiger partial charge in [-0.2, -0.15) is 0 Å². The van der Waals surface area contributed by atoms with Gasteiger partial charge in [0.1, 0.15) is 13.6 Å². The normalized spacial score (nSPS) is 9.40. The second kappa shape index (κ2) is 2.73. The molecule has 0 saturated heterocycles. The van der Waals surface area contributed by atoms with Crippen LogP contribution >= 0.6 is 0 Å². The molecular weight excluding hydrogens is 125 g/mol. The molecule has 0 N–H and O–H groups in total. The predicted molar refractivity (Wildman–Crippen MR) is 40.9 cm³/mol. The molecule has 1 heterocycles. The standard InChI is InChI=1S/C7H8BNO/c1-5-7(8)3-6(10-2)4-9-5/h3-4H,1-2H3. The number of hydrogen-bond donors (Lipinski definition) is 0. The SMILES string of the molecule is [B]c1cc(OC)cnc1C. The first-order chi connectivity index (χ1) is 4.74. The van der Waals surface area contributed by atoms with Crippen LogP contribution in [0.4, 0.5) is 0 Å². The summed E-state index contributed by atoms with van der Waals surface area (Å²) in [5.74, 6) is 0.697. The molecular formula is C7H8BNO. The number of ether oxygens (including phenoxy) is 1. The lowest BCUT2D eigenvalue weighted by Gasteiger charge is -2.01. The molecule has 0 aliphatic heterocycles. The van der Waals surface area contributed by atoms with E-state index in [2.05, 4.69) is 4.98 Å². The van der Waals surface area contributed by atoms with Crippen molar-refractivity contribution in [3.63, 3.8) is 0 Å². The number of pyridine rings is 1. The van der Waals surface area contributed by atoms with E-state index in [1.54, 1.807) is 19.4 Å². The van der Waals surface area contributed by atoms with Crippen LogP contribution in [0.2, 0.25) is 0 Å². The van der Waals surface area contributed by atoms with E-state index in [9.17, 15) is 0 Å². The lowest BCUT2D eigenvalue weighted by atomic mass is 9.95. The van der Waals surface area contributed by atoms with Gasteiger partial charge in [-0.25, -0.2) is 0 Å². The van der Waals surface area contributed by atoms with Crippen molar-refractivity contribution in [1.29, 1.82) is 0 Å². The molecule has 0 aliphatic carbocycles. The summed E-state index contributed by atoms with van der Waals surface area (Å²) < 4.78 is 4.91. The molecule has 0 atom stereocenters. The molecule has 3 heteroatoms. The third kappa shape index (κ3) is 1.29. The summed E-state index contributed by atoms with van der Waals surface area (Å²) in [4.78, 5) is 4.00. The predicted octanol–water partition coefficient (Wildman–Crippen LogP) is 0.192. The zero-order valence-corrected chi connectivity index (χ0v) is 6.09. The summed E-state index contributed by atoms with van der Waals surface area (Å²) >= 11 is 0. The van der Waals surface area contributed by atoms with Gasteiger partial charge >= 0.3 is 0 Å². The third-order valence-corrected chi connectivity index (χ3v) is 1.34. The van der Waals surface area contributed by atoms with E-state index in [4.69, 9.17) is 12.6 Å². The monoisotopic (exact) mass is 133 g/mol. The molecule has 1 aromatic rings. The van der Waals surface area contributed by atoms with Gasteiger partial charge in [-0.05, 0) is 13.0 Å². The fraction of sp³-hybridized carbons (Fsp3) is 0.286. The van der Waals surface area contributed by atoms with Crippen molar-refractivity contribution < 1.29 is 4.74 Å². The Hall–Kier alpha value is -0.985. The highest BCUT2D eigenvalue weighted by Crippen LogP contribution is 2.03. The van der Waals surface area contributed by atoms with Crippen LogP contribution in [0.15, 0.2) is 12.3 Å². The van der Waals surface area contributed by atoms with Crippen molar-refractivity contribution >= 4 is 13.3 Å². The zero-order valence-electron chi connectivity index (χ0n) is 6.09. The highest BCUT2D eigenvalue weighted by Gasteiger charge is 1.94. The number of rotatable bonds is 1. The van der Waals surface area contributed by atoms with E-state index in [0.29, 0.717) is 11.2 Å². The Bertz CT molecular complexity index is 237. The highest BCUT2D eigenvalue weighted by atomic mass is 16.5. The van der Waals surface area contributed by atoms with Gasteiger partial charge in [0, 0.05) is 5.69 Å². The van der Waals surface area contributed by atoms with Gasteiger partial charge in [-0.3, -0.25) is 4.98 Å². The van der Waals surface area contributed by atoms with E-state index in [1.165, 1.54) is 0 Å². The molecule has 0 saturated carbocycles. The van der Waals surface area contributed by atoms with Crippen LogP contribution in [0.5, 0.6) is 5.75 Å². The van der Waals surface area contributed by atoms with Crippen molar-refractivity contribution in [2.24, 2.45) is 0 Å². The molecule has 50 valence electrons. The number of hydrogen-bond acceptors (Lipinski definition) is 2. The smallest absolute Gasteiger partial charge is 0.136 e. The van der Waals surface area contributed by atoms with E-state index < -0.39 is 0 Å². The number of aromatic nitrogens is 1. The maximum atomic E-state index is 5.55. The second-order valence-corrected chi connectivity index (χ2v) is 2.05. The zero-order chi connectivity index (χ0) is 7.56. The molecule has 0 fully saturated rings. The van der Waals surface area contributed by atoms with E-state index in [0.717, 1.165) is 5.69 Å². The first-order valence-electron chi connectivity index (χ1n) is 3.00. The van der Waals surface area contributed by atoms with Crippen LogP contribution in [0, 0.1) is 6.92 Å². The highest BCUT2D eigenvalue weighted by molar-refractivity contribution is 6.33. The van der Waals surface area contributed by atoms with Crippen LogP contribution in [0.1, 0.15) is 5.69 Å². The average molecular weight is 133 g/mol. The van der Waals surface area contributed by atoms with Crippen LogP contribution in [0.25, 0.3) is 0 Å². The van der Waals surface area contributed by atoms with E-state index >= 15 is 0 Å². The summed E-state index contributed by atoms with van der Waals surface area (Å²) in [6.07, 6.45) is 1.64. The van der Waals surface area contributed by atoms with E-state index in [1.807, 2.05) is 6.92 Å².